The second kappa shape index (κ2) is 10.9. The molecular formula is C21H23BrClN3O7. The van der Waals surface area contributed by atoms with Crippen molar-refractivity contribution >= 4 is 49.9 Å². The fourth-order valence-electron chi connectivity index (χ4n) is 3.23. The van der Waals surface area contributed by atoms with Gasteiger partial charge >= 0.3 is 0 Å². The van der Waals surface area contributed by atoms with Crippen LogP contribution in [0.4, 0.5) is 11.5 Å². The number of benzene rings is 2. The first-order chi connectivity index (χ1) is 15.7. The lowest BCUT2D eigenvalue weighted by molar-refractivity contribution is -0.141. The van der Waals surface area contributed by atoms with Crippen LogP contribution in [0.2, 0.25) is 5.02 Å². The van der Waals surface area contributed by atoms with E-state index in [1.54, 1.807) is 24.3 Å². The van der Waals surface area contributed by atoms with Crippen LogP contribution in [0.15, 0.2) is 41.1 Å². The van der Waals surface area contributed by atoms with Gasteiger partial charge in [0.05, 0.1) is 24.3 Å². The molecule has 0 saturated carbocycles. The monoisotopic (exact) mass is 543 g/mol. The molecule has 1 heterocycles. The standard InChI is InChI=1S/C21H23BrClN3O7/c1-33-16-6-10-14(5-11(16)17(29)19(31)20(32)18(30)15(28)7-27)24-8-25-21(10)26-9-2-3-12(22)13(23)4-9/h2-6,8,15,17-20,27-32H,7H2,1H3,(H,24,25,26)/t15-,17?,18+,19-,20-/m1/s1. The molecule has 0 radical (unpaired) electrons. The van der Waals surface area contributed by atoms with Crippen LogP contribution in [0.25, 0.3) is 10.9 Å². The van der Waals surface area contributed by atoms with Gasteiger partial charge in [0.2, 0.25) is 0 Å². The minimum Gasteiger partial charge on any atom is -0.496 e. The number of halogens is 2. The molecule has 0 spiro atoms. The highest BCUT2D eigenvalue weighted by molar-refractivity contribution is 9.10. The molecule has 178 valence electrons. The zero-order valence-electron chi connectivity index (χ0n) is 17.3. The van der Waals surface area contributed by atoms with Crippen molar-refractivity contribution in [2.45, 2.75) is 30.5 Å². The molecule has 1 unspecified atom stereocenters. The van der Waals surface area contributed by atoms with Crippen LogP contribution in [0.5, 0.6) is 5.75 Å². The predicted octanol–water partition coefficient (Wildman–Crippen LogP) is 1.27. The molecule has 0 aliphatic carbocycles. The summed E-state index contributed by atoms with van der Waals surface area (Å²) in [6.45, 7) is -0.837. The molecule has 10 nitrogen and oxygen atoms in total. The number of hydrogen-bond donors (Lipinski definition) is 7. The number of aliphatic hydroxyl groups is 6. The van der Waals surface area contributed by atoms with E-state index in [1.165, 1.54) is 19.5 Å². The lowest BCUT2D eigenvalue weighted by Gasteiger charge is -2.29. The first-order valence-corrected chi connectivity index (χ1v) is 10.9. The number of ether oxygens (including phenoxy) is 1. The fourth-order valence-corrected chi connectivity index (χ4v) is 3.65. The van der Waals surface area contributed by atoms with Crippen LogP contribution in [-0.4, -0.2) is 78.7 Å². The smallest absolute Gasteiger partial charge is 0.141 e. The predicted molar refractivity (Wildman–Crippen MR) is 125 cm³/mol. The number of nitrogens with zero attached hydrogens (tertiary/aromatic N) is 2. The third-order valence-electron chi connectivity index (χ3n) is 5.09. The van der Waals surface area contributed by atoms with Crippen molar-refractivity contribution in [1.29, 1.82) is 0 Å². The van der Waals surface area contributed by atoms with Crippen LogP contribution < -0.4 is 10.1 Å². The van der Waals surface area contributed by atoms with E-state index in [-0.39, 0.29) is 11.3 Å². The second-order valence-electron chi connectivity index (χ2n) is 7.25. The number of anilines is 2. The summed E-state index contributed by atoms with van der Waals surface area (Å²) in [6, 6.07) is 8.28. The Balaban J connectivity index is 1.97. The molecule has 3 rings (SSSR count). The fraction of sp³-hybridized carbons (Fsp3) is 0.333. The van der Waals surface area contributed by atoms with E-state index in [1.807, 2.05) is 0 Å². The summed E-state index contributed by atoms with van der Waals surface area (Å²) in [4.78, 5) is 8.45. The first-order valence-electron chi connectivity index (χ1n) is 9.73. The van der Waals surface area contributed by atoms with Crippen molar-refractivity contribution in [3.8, 4) is 5.75 Å². The Morgan fingerprint density at radius 1 is 1.03 bits per heavy atom. The molecule has 5 atom stereocenters. The van der Waals surface area contributed by atoms with Gasteiger partial charge < -0.3 is 40.7 Å². The maximum Gasteiger partial charge on any atom is 0.141 e. The van der Waals surface area contributed by atoms with Gasteiger partial charge in [-0.05, 0) is 46.3 Å². The normalized spacial score (nSPS) is 16.2. The molecule has 0 bridgehead atoms. The molecule has 3 aromatic rings. The van der Waals surface area contributed by atoms with E-state index in [4.69, 9.17) is 21.4 Å². The lowest BCUT2D eigenvalue weighted by Crippen LogP contribution is -2.47. The summed E-state index contributed by atoms with van der Waals surface area (Å²) in [5.74, 6) is 0.588. The Kier molecular flexibility index (Phi) is 8.43. The molecule has 0 amide bonds. The van der Waals surface area contributed by atoms with Crippen molar-refractivity contribution in [2.24, 2.45) is 0 Å². The molecule has 0 fully saturated rings. The van der Waals surface area contributed by atoms with Crippen molar-refractivity contribution in [2.75, 3.05) is 19.0 Å². The summed E-state index contributed by atoms with van der Waals surface area (Å²) < 4.78 is 6.09. The molecule has 0 aliphatic heterocycles. The quantitative estimate of drug-likeness (QED) is 0.208. The van der Waals surface area contributed by atoms with Crippen LogP contribution in [0, 0.1) is 0 Å². The highest BCUT2D eigenvalue weighted by Crippen LogP contribution is 2.35. The summed E-state index contributed by atoms with van der Waals surface area (Å²) in [7, 11) is 1.36. The third-order valence-corrected chi connectivity index (χ3v) is 6.32. The topological polar surface area (TPSA) is 168 Å². The summed E-state index contributed by atoms with van der Waals surface area (Å²) in [6.07, 6.45) is -7.85. The van der Waals surface area contributed by atoms with Gasteiger partial charge in [-0.25, -0.2) is 9.97 Å². The zero-order chi connectivity index (χ0) is 24.3. The van der Waals surface area contributed by atoms with E-state index < -0.39 is 37.1 Å². The number of rotatable bonds is 9. The summed E-state index contributed by atoms with van der Waals surface area (Å²) in [5, 5.41) is 63.7. The summed E-state index contributed by atoms with van der Waals surface area (Å²) in [5.41, 5.74) is 1.14. The number of fused-ring (bicyclic) bond motifs is 1. The Morgan fingerprint density at radius 2 is 1.76 bits per heavy atom. The van der Waals surface area contributed by atoms with Crippen LogP contribution in [0.1, 0.15) is 11.7 Å². The van der Waals surface area contributed by atoms with E-state index in [9.17, 15) is 25.5 Å². The summed E-state index contributed by atoms with van der Waals surface area (Å²) >= 11 is 9.48. The van der Waals surface area contributed by atoms with E-state index in [0.717, 1.165) is 4.47 Å². The van der Waals surface area contributed by atoms with Crippen LogP contribution in [0.3, 0.4) is 0 Å². The number of methoxy groups -OCH3 is 1. The molecule has 7 N–H and O–H groups in total. The highest BCUT2D eigenvalue weighted by Gasteiger charge is 2.36. The van der Waals surface area contributed by atoms with Gasteiger partial charge in [-0.1, -0.05) is 11.6 Å². The average Bonchev–Trinajstić information content (AvgIpc) is 2.83. The van der Waals surface area contributed by atoms with Gasteiger partial charge in [-0.15, -0.1) is 0 Å². The van der Waals surface area contributed by atoms with Crippen molar-refractivity contribution in [3.63, 3.8) is 0 Å². The molecule has 1 aromatic heterocycles. The number of aliphatic hydroxyl groups excluding tert-OH is 6. The van der Waals surface area contributed by atoms with Gasteiger partial charge in [0, 0.05) is 21.1 Å². The number of nitrogens with one attached hydrogen (secondary N) is 1. The minimum absolute atomic E-state index is 0.0820. The van der Waals surface area contributed by atoms with Gasteiger partial charge in [-0.2, -0.15) is 0 Å². The molecule has 12 heteroatoms. The Labute approximate surface area is 202 Å². The van der Waals surface area contributed by atoms with Crippen molar-refractivity contribution in [1.82, 2.24) is 9.97 Å². The van der Waals surface area contributed by atoms with Gasteiger partial charge in [0.1, 0.15) is 48.4 Å². The molecule has 0 aliphatic rings. The average molecular weight is 545 g/mol. The molecule has 33 heavy (non-hydrogen) atoms. The van der Waals surface area contributed by atoms with Gasteiger partial charge in [0.15, 0.2) is 0 Å². The maximum absolute atomic E-state index is 10.7. The maximum atomic E-state index is 10.7. The second-order valence-corrected chi connectivity index (χ2v) is 8.52. The minimum atomic E-state index is -1.95. The Bertz CT molecular complexity index is 1120. The molecule has 2 aromatic carbocycles. The number of aromatic nitrogens is 2. The molecule has 0 saturated heterocycles. The SMILES string of the molecule is COc1cc2c(Nc3ccc(Br)c(Cl)c3)ncnc2cc1C(O)[C@@H](O)[C@H](O)[C@@H](O)[C@H](O)CO. The van der Waals surface area contributed by atoms with Crippen molar-refractivity contribution in [3.05, 3.63) is 51.7 Å². The van der Waals surface area contributed by atoms with E-state index >= 15 is 0 Å². The third kappa shape index (κ3) is 5.53. The largest absolute Gasteiger partial charge is 0.496 e. The van der Waals surface area contributed by atoms with Gasteiger partial charge in [0.25, 0.3) is 0 Å². The zero-order valence-corrected chi connectivity index (χ0v) is 19.6. The molecular weight excluding hydrogens is 522 g/mol. The highest BCUT2D eigenvalue weighted by atomic mass is 79.9. The van der Waals surface area contributed by atoms with Crippen LogP contribution >= 0.6 is 27.5 Å². The number of hydrogen-bond acceptors (Lipinski definition) is 10. The van der Waals surface area contributed by atoms with Crippen molar-refractivity contribution < 1.29 is 35.4 Å². The van der Waals surface area contributed by atoms with Crippen LogP contribution in [-0.2, 0) is 0 Å². The lowest BCUT2D eigenvalue weighted by atomic mass is 9.94. The Morgan fingerprint density at radius 3 is 2.39 bits per heavy atom. The van der Waals surface area contributed by atoms with Gasteiger partial charge in [-0.3, -0.25) is 0 Å². The van der Waals surface area contributed by atoms with E-state index in [0.29, 0.717) is 27.4 Å². The first kappa shape index (κ1) is 25.5. The van der Waals surface area contributed by atoms with E-state index in [2.05, 4.69) is 31.2 Å². The Hall–Kier alpha value is -2.09.